The van der Waals surface area contributed by atoms with Gasteiger partial charge in [0, 0.05) is 5.39 Å². The molecular weight excluding hydrogens is 264 g/mol. The van der Waals surface area contributed by atoms with Crippen LogP contribution in [0.1, 0.15) is 0 Å². The number of nitrogens with zero attached hydrogens (tertiary/aromatic N) is 2. The lowest BCUT2D eigenvalue weighted by atomic mass is 10.1. The number of hydrogen-bond donors (Lipinski definition) is 2. The highest BCUT2D eigenvalue weighted by atomic mass is 32.2. The Morgan fingerprint density at radius 3 is 2.63 bits per heavy atom. The van der Waals surface area contributed by atoms with Gasteiger partial charge in [-0.05, 0) is 11.5 Å². The number of H-pyrrole nitrogens is 1. The fourth-order valence-electron chi connectivity index (χ4n) is 1.87. The largest absolute Gasteiger partial charge is 0.264 e. The van der Waals surface area contributed by atoms with Crippen LogP contribution in [0.15, 0.2) is 53.7 Å². The molecule has 6 nitrogen and oxygen atoms in total. The predicted molar refractivity (Wildman–Crippen MR) is 71.1 cm³/mol. The molecule has 0 saturated carbocycles. The molecule has 96 valence electrons. The van der Waals surface area contributed by atoms with Gasteiger partial charge in [0.1, 0.15) is 6.33 Å². The Kier molecular flexibility index (Phi) is 2.68. The van der Waals surface area contributed by atoms with Gasteiger partial charge >= 0.3 is 0 Å². The Morgan fingerprint density at radius 2 is 1.84 bits per heavy atom. The van der Waals surface area contributed by atoms with Crippen LogP contribution in [0.4, 0.5) is 5.95 Å². The van der Waals surface area contributed by atoms with E-state index in [0.717, 1.165) is 5.39 Å². The zero-order chi connectivity index (χ0) is 13.3. The minimum absolute atomic E-state index is 0.0907. The van der Waals surface area contributed by atoms with E-state index < -0.39 is 10.0 Å². The van der Waals surface area contributed by atoms with Crippen LogP contribution >= 0.6 is 0 Å². The van der Waals surface area contributed by atoms with E-state index in [4.69, 9.17) is 0 Å². The van der Waals surface area contributed by atoms with Gasteiger partial charge in [-0.1, -0.05) is 36.4 Å². The molecule has 0 aliphatic heterocycles. The van der Waals surface area contributed by atoms with Crippen LogP contribution in [-0.2, 0) is 10.0 Å². The van der Waals surface area contributed by atoms with Crippen molar-refractivity contribution in [3.05, 3.63) is 48.8 Å². The van der Waals surface area contributed by atoms with Crippen LogP contribution in [0.25, 0.3) is 10.8 Å². The third-order valence-electron chi connectivity index (χ3n) is 2.69. The SMILES string of the molecule is O=S(=O)(Nc1ncn[nH]1)c1cccc2ccccc12. The number of sulfonamides is 1. The highest BCUT2D eigenvalue weighted by molar-refractivity contribution is 7.93. The Balaban J connectivity index is 2.13. The van der Waals surface area contributed by atoms with E-state index >= 15 is 0 Å². The molecule has 0 bridgehead atoms. The lowest BCUT2D eigenvalue weighted by molar-refractivity contribution is 0.601. The van der Waals surface area contributed by atoms with Crippen LogP contribution < -0.4 is 4.72 Å². The van der Waals surface area contributed by atoms with Gasteiger partial charge in [-0.3, -0.25) is 0 Å². The molecule has 7 heteroatoms. The summed E-state index contributed by atoms with van der Waals surface area (Å²) in [5, 5.41) is 7.59. The maximum Gasteiger partial charge on any atom is 0.264 e. The van der Waals surface area contributed by atoms with Crippen molar-refractivity contribution < 1.29 is 8.42 Å². The second-order valence-electron chi connectivity index (χ2n) is 3.92. The standard InChI is InChI=1S/C12H10N4O2S/c17-19(18,16-12-13-8-14-15-12)11-7-3-5-9-4-1-2-6-10(9)11/h1-8H,(H2,13,14,15,16). The van der Waals surface area contributed by atoms with Gasteiger partial charge in [-0.2, -0.15) is 10.1 Å². The van der Waals surface area contributed by atoms with Gasteiger partial charge in [0.2, 0.25) is 5.95 Å². The van der Waals surface area contributed by atoms with E-state index in [9.17, 15) is 8.42 Å². The zero-order valence-corrected chi connectivity index (χ0v) is 10.6. The first-order chi connectivity index (χ1) is 9.17. The molecule has 0 amide bonds. The molecule has 2 N–H and O–H groups in total. The first-order valence-electron chi connectivity index (χ1n) is 5.53. The molecular formula is C12H10N4O2S. The number of aromatic nitrogens is 3. The van der Waals surface area contributed by atoms with E-state index in [2.05, 4.69) is 19.9 Å². The first-order valence-corrected chi connectivity index (χ1v) is 7.01. The molecule has 0 aliphatic rings. The molecule has 1 aromatic heterocycles. The number of anilines is 1. The molecule has 19 heavy (non-hydrogen) atoms. The molecule has 0 radical (unpaired) electrons. The van der Waals surface area contributed by atoms with E-state index in [0.29, 0.717) is 5.39 Å². The molecule has 1 heterocycles. The minimum Gasteiger partial charge on any atom is -0.248 e. The molecule has 3 rings (SSSR count). The van der Waals surface area contributed by atoms with Crippen molar-refractivity contribution in [2.24, 2.45) is 0 Å². The summed E-state index contributed by atoms with van der Waals surface area (Å²) >= 11 is 0. The summed E-state index contributed by atoms with van der Waals surface area (Å²) in [4.78, 5) is 3.96. The molecule has 0 fully saturated rings. The summed E-state index contributed by atoms with van der Waals surface area (Å²) in [7, 11) is -3.69. The monoisotopic (exact) mass is 274 g/mol. The van der Waals surface area contributed by atoms with E-state index in [1.54, 1.807) is 24.3 Å². The number of benzene rings is 2. The van der Waals surface area contributed by atoms with Crippen molar-refractivity contribution in [2.75, 3.05) is 4.72 Å². The van der Waals surface area contributed by atoms with Crippen molar-refractivity contribution in [3.63, 3.8) is 0 Å². The number of aromatic amines is 1. The number of rotatable bonds is 3. The first kappa shape index (κ1) is 11.7. The third-order valence-corrected chi connectivity index (χ3v) is 4.08. The van der Waals surface area contributed by atoms with Gasteiger partial charge < -0.3 is 0 Å². The summed E-state index contributed by atoms with van der Waals surface area (Å²) in [5.74, 6) is 0.0907. The maximum atomic E-state index is 12.3. The van der Waals surface area contributed by atoms with Crippen LogP contribution in [0.3, 0.4) is 0 Å². The lowest BCUT2D eigenvalue weighted by Crippen LogP contribution is -2.14. The Morgan fingerprint density at radius 1 is 1.05 bits per heavy atom. The quantitative estimate of drug-likeness (QED) is 0.761. The fraction of sp³-hybridized carbons (Fsp3) is 0. The van der Waals surface area contributed by atoms with Crippen LogP contribution in [0, 0.1) is 0 Å². The molecule has 0 aliphatic carbocycles. The van der Waals surface area contributed by atoms with Crippen molar-refractivity contribution in [3.8, 4) is 0 Å². The Bertz CT molecular complexity index is 807. The molecule has 3 aromatic rings. The van der Waals surface area contributed by atoms with Crippen LogP contribution in [0.2, 0.25) is 0 Å². The van der Waals surface area contributed by atoms with Crippen molar-refractivity contribution in [2.45, 2.75) is 4.90 Å². The highest BCUT2D eigenvalue weighted by Crippen LogP contribution is 2.23. The number of fused-ring (bicyclic) bond motifs is 1. The molecule has 0 atom stereocenters. The Hall–Kier alpha value is -2.41. The summed E-state index contributed by atoms with van der Waals surface area (Å²) in [6.07, 6.45) is 1.24. The molecule has 0 spiro atoms. The van der Waals surface area contributed by atoms with Gasteiger partial charge in [0.15, 0.2) is 0 Å². The summed E-state index contributed by atoms with van der Waals surface area (Å²) < 4.78 is 27.0. The molecule has 0 unspecified atom stereocenters. The summed E-state index contributed by atoms with van der Waals surface area (Å²) in [6, 6.07) is 12.4. The fourth-order valence-corrected chi connectivity index (χ4v) is 3.06. The van der Waals surface area contributed by atoms with Gasteiger partial charge in [0.05, 0.1) is 4.90 Å². The van der Waals surface area contributed by atoms with Crippen LogP contribution in [-0.4, -0.2) is 23.6 Å². The van der Waals surface area contributed by atoms with Gasteiger partial charge in [0.25, 0.3) is 10.0 Å². The van der Waals surface area contributed by atoms with Crippen LogP contribution in [0.5, 0.6) is 0 Å². The van der Waals surface area contributed by atoms with E-state index in [1.807, 2.05) is 18.2 Å². The predicted octanol–water partition coefficient (Wildman–Crippen LogP) is 1.76. The van der Waals surface area contributed by atoms with Crippen molar-refractivity contribution in [1.82, 2.24) is 15.2 Å². The average molecular weight is 274 g/mol. The van der Waals surface area contributed by atoms with Crippen molar-refractivity contribution in [1.29, 1.82) is 0 Å². The normalized spacial score (nSPS) is 11.6. The van der Waals surface area contributed by atoms with E-state index in [1.165, 1.54) is 6.33 Å². The number of nitrogens with one attached hydrogen (secondary N) is 2. The van der Waals surface area contributed by atoms with E-state index in [-0.39, 0.29) is 10.8 Å². The second-order valence-corrected chi connectivity index (χ2v) is 5.57. The molecule has 0 saturated heterocycles. The lowest BCUT2D eigenvalue weighted by Gasteiger charge is -2.08. The highest BCUT2D eigenvalue weighted by Gasteiger charge is 2.18. The zero-order valence-electron chi connectivity index (χ0n) is 9.74. The smallest absolute Gasteiger partial charge is 0.248 e. The van der Waals surface area contributed by atoms with Crippen molar-refractivity contribution >= 4 is 26.7 Å². The Labute approximate surface area is 109 Å². The third kappa shape index (κ3) is 2.15. The minimum atomic E-state index is -3.69. The number of hydrogen-bond acceptors (Lipinski definition) is 4. The van der Waals surface area contributed by atoms with Gasteiger partial charge in [-0.15, -0.1) is 0 Å². The second kappa shape index (κ2) is 4.36. The summed E-state index contributed by atoms with van der Waals surface area (Å²) in [6.45, 7) is 0. The molecule has 2 aromatic carbocycles. The summed E-state index contributed by atoms with van der Waals surface area (Å²) in [5.41, 5.74) is 0. The topological polar surface area (TPSA) is 87.7 Å². The maximum absolute atomic E-state index is 12.3. The average Bonchev–Trinajstić information content (AvgIpc) is 2.90. The van der Waals surface area contributed by atoms with Gasteiger partial charge in [-0.25, -0.2) is 18.2 Å².